The Morgan fingerprint density at radius 1 is 1.14 bits per heavy atom. The fraction of sp³-hybridized carbons (Fsp3) is 0.304. The molecule has 0 aliphatic carbocycles. The lowest BCUT2D eigenvalue weighted by Gasteiger charge is -2.34. The zero-order valence-electron chi connectivity index (χ0n) is 18.8. The minimum absolute atomic E-state index is 0.0178. The monoisotopic (exact) mass is 510 g/mol. The predicted molar refractivity (Wildman–Crippen MR) is 122 cm³/mol. The van der Waals surface area contributed by atoms with Gasteiger partial charge in [-0.25, -0.2) is 22.8 Å². The molecular formula is C23H22F4N4O3S. The Balaban J connectivity index is 1.71. The third-order valence-electron chi connectivity index (χ3n) is 5.58. The maximum Gasteiger partial charge on any atom is 0.418 e. The molecule has 35 heavy (non-hydrogen) atoms. The highest BCUT2D eigenvalue weighted by Gasteiger charge is 2.35. The van der Waals surface area contributed by atoms with Crippen molar-refractivity contribution in [2.75, 3.05) is 29.4 Å². The summed E-state index contributed by atoms with van der Waals surface area (Å²) in [4.78, 5) is 9.95. The second kappa shape index (κ2) is 9.42. The van der Waals surface area contributed by atoms with Crippen LogP contribution >= 0.6 is 0 Å². The number of alkyl halides is 3. The zero-order valence-corrected chi connectivity index (χ0v) is 19.6. The van der Waals surface area contributed by atoms with Crippen LogP contribution in [-0.2, 0) is 20.9 Å². The topological polar surface area (TPSA) is 84.4 Å². The molecule has 0 amide bonds. The van der Waals surface area contributed by atoms with E-state index in [-0.39, 0.29) is 22.3 Å². The van der Waals surface area contributed by atoms with E-state index in [1.165, 1.54) is 31.3 Å². The van der Waals surface area contributed by atoms with E-state index in [0.29, 0.717) is 31.1 Å². The molecule has 3 aromatic rings. The number of anilines is 2. The highest BCUT2D eigenvalue weighted by Crippen LogP contribution is 2.38. The standard InChI is InChI=1S/C23H22F4N4O3S/c1-14-3-4-16(24)11-18(14)22-19(23(25,26)27)5-6-20(29-22)30-35(32,33)17-7-8-28-21(12-17)31-9-10-34-13-15(31)2/h3-8,11-12,15H,9-10,13H2,1-2H3,(H,29,30)/t15-/m1/s1. The van der Waals surface area contributed by atoms with Crippen LogP contribution in [0.3, 0.4) is 0 Å². The molecule has 1 atom stereocenters. The van der Waals surface area contributed by atoms with E-state index in [4.69, 9.17) is 4.74 Å². The van der Waals surface area contributed by atoms with Crippen LogP contribution in [0, 0.1) is 12.7 Å². The Morgan fingerprint density at radius 2 is 1.91 bits per heavy atom. The van der Waals surface area contributed by atoms with Gasteiger partial charge in [0.25, 0.3) is 10.0 Å². The van der Waals surface area contributed by atoms with Crippen LogP contribution in [0.2, 0.25) is 0 Å². The molecule has 1 N–H and O–H groups in total. The number of halogens is 4. The van der Waals surface area contributed by atoms with Crippen molar-refractivity contribution in [1.29, 1.82) is 0 Å². The summed E-state index contributed by atoms with van der Waals surface area (Å²) in [6, 6.07) is 7.66. The largest absolute Gasteiger partial charge is 0.418 e. The van der Waals surface area contributed by atoms with Crippen LogP contribution in [0.4, 0.5) is 29.2 Å². The molecular weight excluding hydrogens is 488 g/mol. The molecule has 4 rings (SSSR count). The summed E-state index contributed by atoms with van der Waals surface area (Å²) >= 11 is 0. The molecule has 186 valence electrons. The van der Waals surface area contributed by atoms with Crippen LogP contribution in [0.5, 0.6) is 0 Å². The van der Waals surface area contributed by atoms with E-state index in [2.05, 4.69) is 14.7 Å². The van der Waals surface area contributed by atoms with Crippen LogP contribution < -0.4 is 9.62 Å². The molecule has 0 spiro atoms. The van der Waals surface area contributed by atoms with Crippen LogP contribution in [-0.4, -0.2) is 44.2 Å². The van der Waals surface area contributed by atoms with Crippen LogP contribution in [0.15, 0.2) is 53.6 Å². The normalized spacial score (nSPS) is 16.9. The molecule has 12 heteroatoms. The third-order valence-corrected chi connectivity index (χ3v) is 6.94. The molecule has 0 saturated carbocycles. The number of morpholine rings is 1. The number of sulfonamides is 1. The summed E-state index contributed by atoms with van der Waals surface area (Å²) in [6.07, 6.45) is -3.44. The number of hydrogen-bond donors (Lipinski definition) is 1. The van der Waals surface area contributed by atoms with Crippen molar-refractivity contribution in [1.82, 2.24) is 9.97 Å². The lowest BCUT2D eigenvalue weighted by atomic mass is 10.0. The Morgan fingerprint density at radius 3 is 2.63 bits per heavy atom. The van der Waals surface area contributed by atoms with Crippen molar-refractivity contribution in [2.45, 2.75) is 31.0 Å². The van der Waals surface area contributed by atoms with E-state index in [1.807, 2.05) is 11.8 Å². The number of pyridine rings is 2. The fourth-order valence-corrected chi connectivity index (χ4v) is 4.79. The van der Waals surface area contributed by atoms with Gasteiger partial charge in [-0.1, -0.05) is 6.07 Å². The van der Waals surface area contributed by atoms with E-state index in [9.17, 15) is 26.0 Å². The van der Waals surface area contributed by atoms with Crippen molar-refractivity contribution in [3.8, 4) is 11.3 Å². The van der Waals surface area contributed by atoms with Crippen molar-refractivity contribution < 1.29 is 30.7 Å². The Labute approximate surface area is 199 Å². The fourth-order valence-electron chi connectivity index (χ4n) is 3.79. The summed E-state index contributed by atoms with van der Waals surface area (Å²) in [7, 11) is -4.22. The molecule has 3 heterocycles. The van der Waals surface area contributed by atoms with Crippen molar-refractivity contribution in [2.24, 2.45) is 0 Å². The van der Waals surface area contributed by atoms with Gasteiger partial charge in [-0.05, 0) is 49.7 Å². The van der Waals surface area contributed by atoms with Crippen LogP contribution in [0.1, 0.15) is 18.1 Å². The average molecular weight is 511 g/mol. The van der Waals surface area contributed by atoms with Gasteiger partial charge >= 0.3 is 6.18 Å². The first-order valence-corrected chi connectivity index (χ1v) is 12.1. The highest BCUT2D eigenvalue weighted by atomic mass is 32.2. The quantitative estimate of drug-likeness (QED) is 0.504. The number of aryl methyl sites for hydroxylation is 1. The molecule has 7 nitrogen and oxygen atoms in total. The van der Waals surface area contributed by atoms with Gasteiger partial charge in [-0.2, -0.15) is 13.2 Å². The Bertz CT molecular complexity index is 1350. The van der Waals surface area contributed by atoms with Gasteiger partial charge in [0, 0.05) is 24.4 Å². The molecule has 1 aliphatic heterocycles. The Kier molecular flexibility index (Phi) is 6.69. The first kappa shape index (κ1) is 24.9. The molecule has 0 radical (unpaired) electrons. The predicted octanol–water partition coefficient (Wildman–Crippen LogP) is 4.64. The number of nitrogens with zero attached hydrogens (tertiary/aromatic N) is 3. The SMILES string of the molecule is Cc1ccc(F)cc1-c1nc(NS(=O)(=O)c2ccnc(N3CCOC[C@H]3C)c2)ccc1C(F)(F)F. The van der Waals surface area contributed by atoms with Gasteiger partial charge in [0.05, 0.1) is 35.4 Å². The number of aromatic nitrogens is 2. The third kappa shape index (κ3) is 5.38. The summed E-state index contributed by atoms with van der Waals surface area (Å²) < 4.78 is 88.6. The van der Waals surface area contributed by atoms with E-state index < -0.39 is 33.3 Å². The number of benzene rings is 1. The number of ether oxygens (including phenoxy) is 1. The minimum atomic E-state index is -4.78. The van der Waals surface area contributed by atoms with E-state index in [0.717, 1.165) is 24.3 Å². The minimum Gasteiger partial charge on any atom is -0.377 e. The molecule has 0 unspecified atom stereocenters. The summed E-state index contributed by atoms with van der Waals surface area (Å²) in [5.74, 6) is -0.650. The van der Waals surface area contributed by atoms with Gasteiger partial charge < -0.3 is 9.64 Å². The van der Waals surface area contributed by atoms with Gasteiger partial charge in [-0.3, -0.25) is 4.72 Å². The molecule has 2 aromatic heterocycles. The highest BCUT2D eigenvalue weighted by molar-refractivity contribution is 7.92. The second-order valence-electron chi connectivity index (χ2n) is 8.12. The second-order valence-corrected chi connectivity index (χ2v) is 9.80. The van der Waals surface area contributed by atoms with Crippen LogP contribution in [0.25, 0.3) is 11.3 Å². The average Bonchev–Trinajstić information content (AvgIpc) is 2.80. The maximum absolute atomic E-state index is 13.8. The first-order chi connectivity index (χ1) is 16.5. The molecule has 1 aromatic carbocycles. The number of nitrogens with one attached hydrogen (secondary N) is 1. The van der Waals surface area contributed by atoms with E-state index >= 15 is 0 Å². The summed E-state index contributed by atoms with van der Waals surface area (Å²) in [5.41, 5.74) is -1.43. The lowest BCUT2D eigenvalue weighted by molar-refractivity contribution is -0.137. The lowest BCUT2D eigenvalue weighted by Crippen LogP contribution is -2.44. The molecule has 1 aliphatic rings. The molecule has 0 bridgehead atoms. The molecule has 1 fully saturated rings. The maximum atomic E-state index is 13.8. The smallest absolute Gasteiger partial charge is 0.377 e. The summed E-state index contributed by atoms with van der Waals surface area (Å²) in [5, 5.41) is 0. The Hall–Kier alpha value is -3.25. The van der Waals surface area contributed by atoms with E-state index in [1.54, 1.807) is 0 Å². The van der Waals surface area contributed by atoms with Gasteiger partial charge in [0.2, 0.25) is 0 Å². The van der Waals surface area contributed by atoms with Gasteiger partial charge in [0.1, 0.15) is 17.5 Å². The van der Waals surface area contributed by atoms with Crippen molar-refractivity contribution in [3.63, 3.8) is 0 Å². The van der Waals surface area contributed by atoms with Crippen molar-refractivity contribution in [3.05, 3.63) is 65.6 Å². The van der Waals surface area contributed by atoms with Gasteiger partial charge in [0.15, 0.2) is 0 Å². The van der Waals surface area contributed by atoms with Gasteiger partial charge in [-0.15, -0.1) is 0 Å². The first-order valence-electron chi connectivity index (χ1n) is 10.6. The number of rotatable bonds is 5. The molecule has 1 saturated heterocycles. The van der Waals surface area contributed by atoms with Crippen molar-refractivity contribution >= 4 is 21.7 Å². The zero-order chi connectivity index (χ0) is 25.4. The number of hydrogen-bond acceptors (Lipinski definition) is 6. The summed E-state index contributed by atoms with van der Waals surface area (Å²) in [6.45, 7) is 4.90.